The second-order valence-corrected chi connectivity index (χ2v) is 5.89. The van der Waals surface area contributed by atoms with Crippen LogP contribution in [0.1, 0.15) is 38.3 Å². The van der Waals surface area contributed by atoms with Crippen molar-refractivity contribution in [2.45, 2.75) is 38.8 Å². The molecule has 1 amide bonds. The van der Waals surface area contributed by atoms with E-state index in [-0.39, 0.29) is 5.91 Å². The summed E-state index contributed by atoms with van der Waals surface area (Å²) < 4.78 is 0. The van der Waals surface area contributed by atoms with Crippen LogP contribution in [0.4, 0.5) is 11.4 Å². The Labute approximate surface area is 114 Å². The number of fused-ring (bicyclic) bond motifs is 1. The van der Waals surface area contributed by atoms with E-state index in [1.807, 2.05) is 6.07 Å². The van der Waals surface area contributed by atoms with Gasteiger partial charge in [-0.3, -0.25) is 4.79 Å². The molecule has 0 bridgehead atoms. The first-order valence-corrected chi connectivity index (χ1v) is 7.05. The van der Waals surface area contributed by atoms with Crippen molar-refractivity contribution in [3.8, 4) is 0 Å². The second kappa shape index (κ2) is 4.53. The summed E-state index contributed by atoms with van der Waals surface area (Å²) in [6, 6.07) is 6.25. The standard InChI is InChI=1S/C15H21N3O/c1-9(2)13-4-3-7-18(13)10-5-6-11-12(8-10)17-15(19)14(11)16/h5-6,8-9,13-14H,3-4,7,16H2,1-2H3,(H,17,19). The van der Waals surface area contributed by atoms with Crippen LogP contribution in [0.15, 0.2) is 18.2 Å². The number of nitrogens with zero attached hydrogens (tertiary/aromatic N) is 1. The van der Waals surface area contributed by atoms with E-state index in [1.54, 1.807) is 0 Å². The van der Waals surface area contributed by atoms with Gasteiger partial charge < -0.3 is 16.0 Å². The zero-order valence-electron chi connectivity index (χ0n) is 11.5. The third kappa shape index (κ3) is 2.00. The predicted molar refractivity (Wildman–Crippen MR) is 77.2 cm³/mol. The quantitative estimate of drug-likeness (QED) is 0.856. The molecule has 1 saturated heterocycles. The van der Waals surface area contributed by atoms with Crippen molar-refractivity contribution < 1.29 is 4.79 Å². The molecular weight excluding hydrogens is 238 g/mol. The first kappa shape index (κ1) is 12.5. The van der Waals surface area contributed by atoms with Gasteiger partial charge in [0.1, 0.15) is 6.04 Å². The van der Waals surface area contributed by atoms with Gasteiger partial charge in [0.05, 0.1) is 0 Å². The lowest BCUT2D eigenvalue weighted by molar-refractivity contribution is -0.116. The maximum atomic E-state index is 11.6. The third-order valence-corrected chi connectivity index (χ3v) is 4.31. The zero-order chi connectivity index (χ0) is 13.6. The molecule has 2 heterocycles. The van der Waals surface area contributed by atoms with E-state index in [9.17, 15) is 4.79 Å². The fourth-order valence-corrected chi connectivity index (χ4v) is 3.26. The fraction of sp³-hybridized carbons (Fsp3) is 0.533. The molecule has 4 heteroatoms. The molecule has 3 N–H and O–H groups in total. The molecule has 0 aliphatic carbocycles. The molecule has 2 aliphatic rings. The Balaban J connectivity index is 1.91. The van der Waals surface area contributed by atoms with Crippen LogP contribution in [0, 0.1) is 5.92 Å². The number of amides is 1. The smallest absolute Gasteiger partial charge is 0.245 e. The van der Waals surface area contributed by atoms with Crippen LogP contribution < -0.4 is 16.0 Å². The van der Waals surface area contributed by atoms with Gasteiger partial charge in [0.15, 0.2) is 0 Å². The number of hydrogen-bond donors (Lipinski definition) is 2. The first-order chi connectivity index (χ1) is 9.08. The van der Waals surface area contributed by atoms with E-state index in [0.29, 0.717) is 12.0 Å². The largest absolute Gasteiger partial charge is 0.368 e. The summed E-state index contributed by atoms with van der Waals surface area (Å²) in [5, 5.41) is 2.86. The van der Waals surface area contributed by atoms with E-state index < -0.39 is 6.04 Å². The number of hydrogen-bond acceptors (Lipinski definition) is 3. The molecule has 3 rings (SSSR count). The summed E-state index contributed by atoms with van der Waals surface area (Å²) in [6.07, 6.45) is 2.49. The van der Waals surface area contributed by atoms with Crippen molar-refractivity contribution in [3.63, 3.8) is 0 Å². The molecule has 102 valence electrons. The normalized spacial score (nSPS) is 25.9. The second-order valence-electron chi connectivity index (χ2n) is 5.89. The van der Waals surface area contributed by atoms with Crippen molar-refractivity contribution in [2.75, 3.05) is 16.8 Å². The first-order valence-electron chi connectivity index (χ1n) is 7.05. The summed E-state index contributed by atoms with van der Waals surface area (Å²) in [5.74, 6) is 0.543. The van der Waals surface area contributed by atoms with Crippen molar-refractivity contribution in [1.29, 1.82) is 0 Å². The van der Waals surface area contributed by atoms with Gasteiger partial charge in [-0.15, -0.1) is 0 Å². The highest BCUT2D eigenvalue weighted by molar-refractivity contribution is 6.03. The van der Waals surface area contributed by atoms with Crippen LogP contribution >= 0.6 is 0 Å². The van der Waals surface area contributed by atoms with E-state index in [1.165, 1.54) is 18.5 Å². The van der Waals surface area contributed by atoms with Gasteiger partial charge in [-0.2, -0.15) is 0 Å². The lowest BCUT2D eigenvalue weighted by Gasteiger charge is -2.30. The molecule has 1 fully saturated rings. The SMILES string of the molecule is CC(C)C1CCCN1c1ccc2c(c1)NC(=O)C2N. The van der Waals surface area contributed by atoms with Gasteiger partial charge in [0.2, 0.25) is 5.91 Å². The minimum absolute atomic E-state index is 0.103. The summed E-state index contributed by atoms with van der Waals surface area (Å²) in [5.41, 5.74) is 8.83. The number of benzene rings is 1. The Morgan fingerprint density at radius 3 is 2.95 bits per heavy atom. The van der Waals surface area contributed by atoms with Crippen LogP contribution in [0.25, 0.3) is 0 Å². The number of nitrogens with two attached hydrogens (primary N) is 1. The van der Waals surface area contributed by atoms with Crippen LogP contribution in [0.2, 0.25) is 0 Å². The van der Waals surface area contributed by atoms with E-state index in [2.05, 4.69) is 36.2 Å². The topological polar surface area (TPSA) is 58.4 Å². The molecule has 0 aromatic heterocycles. The van der Waals surface area contributed by atoms with Crippen LogP contribution in [-0.2, 0) is 4.79 Å². The van der Waals surface area contributed by atoms with Crippen molar-refractivity contribution >= 4 is 17.3 Å². The number of rotatable bonds is 2. The average molecular weight is 259 g/mol. The molecular formula is C15H21N3O. The molecule has 19 heavy (non-hydrogen) atoms. The predicted octanol–water partition coefficient (Wildman–Crippen LogP) is 2.26. The average Bonchev–Trinajstić information content (AvgIpc) is 2.95. The van der Waals surface area contributed by atoms with Crippen LogP contribution in [0.3, 0.4) is 0 Å². The lowest BCUT2D eigenvalue weighted by atomic mass is 10.0. The van der Waals surface area contributed by atoms with Crippen LogP contribution in [0.5, 0.6) is 0 Å². The number of carbonyl (C=O) groups is 1. The summed E-state index contributed by atoms with van der Waals surface area (Å²) in [4.78, 5) is 14.0. The monoisotopic (exact) mass is 259 g/mol. The van der Waals surface area contributed by atoms with E-state index >= 15 is 0 Å². The Bertz CT molecular complexity index is 512. The molecule has 2 unspecified atom stereocenters. The minimum atomic E-state index is -0.511. The molecule has 0 spiro atoms. The van der Waals surface area contributed by atoms with Gasteiger partial charge in [-0.25, -0.2) is 0 Å². The Morgan fingerprint density at radius 1 is 1.42 bits per heavy atom. The lowest BCUT2D eigenvalue weighted by Crippen LogP contribution is -2.33. The highest BCUT2D eigenvalue weighted by Crippen LogP contribution is 2.36. The summed E-state index contributed by atoms with van der Waals surface area (Å²) >= 11 is 0. The number of carbonyl (C=O) groups excluding carboxylic acids is 1. The van der Waals surface area contributed by atoms with Crippen molar-refractivity contribution in [3.05, 3.63) is 23.8 Å². The van der Waals surface area contributed by atoms with Gasteiger partial charge in [0, 0.05) is 29.5 Å². The minimum Gasteiger partial charge on any atom is -0.368 e. The fourth-order valence-electron chi connectivity index (χ4n) is 3.26. The van der Waals surface area contributed by atoms with Gasteiger partial charge in [-0.05, 0) is 30.9 Å². The highest BCUT2D eigenvalue weighted by Gasteiger charge is 2.30. The maximum absolute atomic E-state index is 11.6. The van der Waals surface area contributed by atoms with Crippen LogP contribution in [-0.4, -0.2) is 18.5 Å². The number of nitrogens with one attached hydrogen (secondary N) is 1. The van der Waals surface area contributed by atoms with Gasteiger partial charge >= 0.3 is 0 Å². The van der Waals surface area contributed by atoms with Crippen molar-refractivity contribution in [1.82, 2.24) is 0 Å². The zero-order valence-corrected chi connectivity index (χ0v) is 11.5. The van der Waals surface area contributed by atoms with Crippen molar-refractivity contribution in [2.24, 2.45) is 11.7 Å². The maximum Gasteiger partial charge on any atom is 0.245 e. The summed E-state index contributed by atoms with van der Waals surface area (Å²) in [7, 11) is 0. The Hall–Kier alpha value is -1.55. The highest BCUT2D eigenvalue weighted by atomic mass is 16.2. The summed E-state index contributed by atoms with van der Waals surface area (Å²) in [6.45, 7) is 5.64. The van der Waals surface area contributed by atoms with E-state index in [4.69, 9.17) is 5.73 Å². The van der Waals surface area contributed by atoms with E-state index in [0.717, 1.165) is 17.8 Å². The third-order valence-electron chi connectivity index (χ3n) is 4.31. The molecule has 2 aliphatic heterocycles. The Kier molecular flexibility index (Phi) is 2.97. The molecule has 1 aromatic carbocycles. The molecule has 0 saturated carbocycles. The van der Waals surface area contributed by atoms with Gasteiger partial charge in [-0.1, -0.05) is 19.9 Å². The molecule has 4 nitrogen and oxygen atoms in total. The molecule has 0 radical (unpaired) electrons. The molecule has 1 aromatic rings. The Morgan fingerprint density at radius 2 is 2.21 bits per heavy atom. The van der Waals surface area contributed by atoms with Gasteiger partial charge in [0.25, 0.3) is 0 Å². The molecule has 2 atom stereocenters. The number of anilines is 2.